The fraction of sp³-hybridized carbons (Fsp3) is 0.571. The molecule has 2 saturated carbocycles. The van der Waals surface area contributed by atoms with Gasteiger partial charge in [0.25, 0.3) is 11.8 Å². The zero-order chi connectivity index (χ0) is 27.1. The van der Waals surface area contributed by atoms with Crippen LogP contribution < -0.4 is 21.3 Å². The summed E-state index contributed by atoms with van der Waals surface area (Å²) in [7, 11) is 0. The maximum Gasteiger partial charge on any atom is 0.273 e. The first-order chi connectivity index (χ1) is 18.4. The number of para-hydroxylation sites is 1. The number of amides is 3. The van der Waals surface area contributed by atoms with Gasteiger partial charge in [0.2, 0.25) is 5.91 Å². The second-order valence-electron chi connectivity index (χ2n) is 10.4. The fourth-order valence-corrected chi connectivity index (χ4v) is 6.17. The van der Waals surface area contributed by atoms with Crippen LogP contribution >= 0.6 is 11.5 Å². The van der Waals surface area contributed by atoms with Crippen LogP contribution in [0.5, 0.6) is 0 Å². The minimum Gasteiger partial charge on any atom is -0.395 e. The van der Waals surface area contributed by atoms with Crippen molar-refractivity contribution in [3.63, 3.8) is 0 Å². The zero-order valence-electron chi connectivity index (χ0n) is 22.0. The fourth-order valence-electron chi connectivity index (χ4n) is 5.43. The molecule has 0 saturated heterocycles. The number of benzene rings is 1. The Bertz CT molecular complexity index is 1130. The molecule has 1 aromatic heterocycles. The summed E-state index contributed by atoms with van der Waals surface area (Å²) in [5.41, 5.74) is 6.28. The highest BCUT2D eigenvalue weighted by Gasteiger charge is 2.37. The Morgan fingerprint density at radius 1 is 1.05 bits per heavy atom. The summed E-state index contributed by atoms with van der Waals surface area (Å²) >= 11 is 0.808. The van der Waals surface area contributed by atoms with Crippen LogP contribution in [-0.4, -0.2) is 40.2 Å². The molecule has 0 unspecified atom stereocenters. The number of nitrogen functional groups attached to an aromatic ring is 1. The molecule has 0 bridgehead atoms. The molecule has 206 valence electrons. The van der Waals surface area contributed by atoms with Crippen molar-refractivity contribution in [1.29, 1.82) is 0 Å². The van der Waals surface area contributed by atoms with Crippen molar-refractivity contribution in [2.75, 3.05) is 10.6 Å². The van der Waals surface area contributed by atoms with Crippen molar-refractivity contribution in [3.8, 4) is 0 Å². The van der Waals surface area contributed by atoms with Gasteiger partial charge < -0.3 is 16.4 Å². The van der Waals surface area contributed by atoms with Gasteiger partial charge in [-0.1, -0.05) is 64.0 Å². The van der Waals surface area contributed by atoms with Crippen LogP contribution in [-0.2, 0) is 4.79 Å². The van der Waals surface area contributed by atoms with Crippen molar-refractivity contribution < 1.29 is 18.8 Å². The van der Waals surface area contributed by atoms with Gasteiger partial charge in [0.05, 0.1) is 11.4 Å². The predicted molar refractivity (Wildman–Crippen MR) is 148 cm³/mol. The van der Waals surface area contributed by atoms with Crippen LogP contribution in [0.4, 0.5) is 15.8 Å². The minimum absolute atomic E-state index is 0.00109. The van der Waals surface area contributed by atoms with Gasteiger partial charge in [0.15, 0.2) is 5.69 Å². The third kappa shape index (κ3) is 6.51. The van der Waals surface area contributed by atoms with Gasteiger partial charge in [0.1, 0.15) is 16.7 Å². The number of rotatable bonds is 10. The van der Waals surface area contributed by atoms with Crippen molar-refractivity contribution in [3.05, 3.63) is 40.7 Å². The van der Waals surface area contributed by atoms with Gasteiger partial charge in [0, 0.05) is 12.1 Å². The summed E-state index contributed by atoms with van der Waals surface area (Å²) in [6, 6.07) is 5.10. The lowest BCUT2D eigenvalue weighted by atomic mass is 9.95. The molecule has 3 amide bonds. The Balaban J connectivity index is 1.65. The summed E-state index contributed by atoms with van der Waals surface area (Å²) in [6.07, 6.45) is 10.8. The van der Waals surface area contributed by atoms with E-state index in [0.717, 1.165) is 75.7 Å². The first kappa shape index (κ1) is 28.0. The Morgan fingerprint density at radius 2 is 1.68 bits per heavy atom. The van der Waals surface area contributed by atoms with Gasteiger partial charge in [-0.05, 0) is 55.8 Å². The number of unbranched alkanes of at least 4 members (excludes halogenated alkanes) is 1. The third-order valence-electron chi connectivity index (χ3n) is 7.56. The van der Waals surface area contributed by atoms with Crippen molar-refractivity contribution >= 4 is 40.6 Å². The van der Waals surface area contributed by atoms with Gasteiger partial charge in [-0.2, -0.15) is 4.37 Å². The minimum atomic E-state index is -0.930. The summed E-state index contributed by atoms with van der Waals surface area (Å²) in [5, 5.41) is 6.07. The standard InChI is InChI=1S/C28H38FN5O3S/c1-2-3-16-22(26(35)31-18-13-7-8-14-18)34(21-17-10-9-15-20(21)29)28(37)25-23(30)24(33-38-25)27(36)32-19-11-5-4-6-12-19/h9-10,15,17-19,22H,2-8,11-14,16,30H2,1H3,(H,31,35)(H,32,36)/t22-/m1/s1. The lowest BCUT2D eigenvalue weighted by Crippen LogP contribution is -2.52. The number of hydrogen-bond donors (Lipinski definition) is 3. The van der Waals surface area contributed by atoms with E-state index in [1.807, 2.05) is 6.92 Å². The van der Waals surface area contributed by atoms with Crippen LogP contribution in [0.15, 0.2) is 24.3 Å². The molecule has 1 atom stereocenters. The number of carbonyl (C=O) groups is 3. The van der Waals surface area contributed by atoms with E-state index in [1.54, 1.807) is 6.07 Å². The lowest BCUT2D eigenvalue weighted by molar-refractivity contribution is -0.123. The number of halogens is 1. The molecule has 0 aliphatic heterocycles. The monoisotopic (exact) mass is 543 g/mol. The van der Waals surface area contributed by atoms with E-state index < -0.39 is 23.7 Å². The number of nitrogens with zero attached hydrogens (tertiary/aromatic N) is 2. The number of carbonyl (C=O) groups excluding carboxylic acids is 3. The topological polar surface area (TPSA) is 117 Å². The van der Waals surface area contributed by atoms with Gasteiger partial charge in [-0.3, -0.25) is 19.3 Å². The van der Waals surface area contributed by atoms with Gasteiger partial charge in [-0.15, -0.1) is 0 Å². The average Bonchev–Trinajstić information content (AvgIpc) is 3.57. The number of nitrogens with one attached hydrogen (secondary N) is 2. The SMILES string of the molecule is CCCC[C@H](C(=O)NC1CCCC1)N(C(=O)c1snc(C(=O)NC2CCCCC2)c1N)c1ccccc1F. The van der Waals surface area contributed by atoms with E-state index in [9.17, 15) is 14.4 Å². The molecule has 1 aromatic carbocycles. The van der Waals surface area contributed by atoms with Crippen molar-refractivity contribution in [2.24, 2.45) is 0 Å². The molecule has 10 heteroatoms. The molecule has 2 aliphatic carbocycles. The maximum atomic E-state index is 15.1. The van der Waals surface area contributed by atoms with Gasteiger partial charge >= 0.3 is 0 Å². The molecular weight excluding hydrogens is 505 g/mol. The first-order valence-electron chi connectivity index (χ1n) is 13.8. The Hall–Kier alpha value is -3.01. The van der Waals surface area contributed by atoms with Crippen molar-refractivity contribution in [2.45, 2.75) is 102 Å². The van der Waals surface area contributed by atoms with Crippen LogP contribution in [0.25, 0.3) is 0 Å². The van der Waals surface area contributed by atoms with Crippen LogP contribution in [0, 0.1) is 5.82 Å². The second-order valence-corrected chi connectivity index (χ2v) is 11.1. The first-order valence-corrected chi connectivity index (χ1v) is 14.6. The molecule has 4 N–H and O–H groups in total. The molecule has 2 fully saturated rings. The largest absolute Gasteiger partial charge is 0.395 e. The molecule has 2 aromatic rings. The summed E-state index contributed by atoms with van der Waals surface area (Å²) in [5.74, 6) is -1.97. The maximum absolute atomic E-state index is 15.1. The predicted octanol–water partition coefficient (Wildman–Crippen LogP) is 5.19. The summed E-state index contributed by atoms with van der Waals surface area (Å²) < 4.78 is 19.3. The molecule has 0 spiro atoms. The second kappa shape index (κ2) is 13.2. The molecule has 38 heavy (non-hydrogen) atoms. The van der Waals surface area contributed by atoms with E-state index in [4.69, 9.17) is 5.73 Å². The third-order valence-corrected chi connectivity index (χ3v) is 8.41. The van der Waals surface area contributed by atoms with Crippen LogP contribution in [0.1, 0.15) is 104 Å². The molecule has 1 heterocycles. The lowest BCUT2D eigenvalue weighted by Gasteiger charge is -2.32. The molecule has 8 nitrogen and oxygen atoms in total. The Labute approximate surface area is 227 Å². The molecule has 0 radical (unpaired) electrons. The summed E-state index contributed by atoms with van der Waals surface area (Å²) in [6.45, 7) is 2.00. The smallest absolute Gasteiger partial charge is 0.273 e. The van der Waals surface area contributed by atoms with E-state index >= 15 is 4.39 Å². The van der Waals surface area contributed by atoms with Crippen LogP contribution in [0.3, 0.4) is 0 Å². The highest BCUT2D eigenvalue weighted by Crippen LogP contribution is 2.31. The number of aromatic nitrogens is 1. The van der Waals surface area contributed by atoms with Gasteiger partial charge in [-0.25, -0.2) is 4.39 Å². The zero-order valence-corrected chi connectivity index (χ0v) is 22.8. The Kier molecular flexibility index (Phi) is 9.71. The number of hydrogen-bond acceptors (Lipinski definition) is 6. The van der Waals surface area contributed by atoms with E-state index in [2.05, 4.69) is 15.0 Å². The Morgan fingerprint density at radius 3 is 2.34 bits per heavy atom. The molecular formula is C28H38FN5O3S. The van der Waals surface area contributed by atoms with E-state index in [0.29, 0.717) is 12.8 Å². The average molecular weight is 544 g/mol. The van der Waals surface area contributed by atoms with E-state index in [-0.39, 0.29) is 39.9 Å². The highest BCUT2D eigenvalue weighted by atomic mass is 32.1. The van der Waals surface area contributed by atoms with E-state index in [1.165, 1.54) is 23.1 Å². The normalized spacial score (nSPS) is 17.2. The highest BCUT2D eigenvalue weighted by molar-refractivity contribution is 7.09. The summed E-state index contributed by atoms with van der Waals surface area (Å²) in [4.78, 5) is 41.8. The van der Waals surface area contributed by atoms with Crippen molar-refractivity contribution in [1.82, 2.24) is 15.0 Å². The number of anilines is 2. The molecule has 2 aliphatic rings. The quantitative estimate of drug-likeness (QED) is 0.381. The van der Waals surface area contributed by atoms with Crippen LogP contribution in [0.2, 0.25) is 0 Å². The number of nitrogens with two attached hydrogens (primary N) is 1. The molecule has 4 rings (SSSR count).